The van der Waals surface area contributed by atoms with Crippen LogP contribution in [0.5, 0.6) is 0 Å². The lowest BCUT2D eigenvalue weighted by Crippen LogP contribution is -2.43. The first kappa shape index (κ1) is 17.8. The van der Waals surface area contributed by atoms with Crippen molar-refractivity contribution in [1.82, 2.24) is 4.90 Å². The summed E-state index contributed by atoms with van der Waals surface area (Å²) >= 11 is 7.40. The maximum absolute atomic E-state index is 3.64. The number of anilines is 2. The third-order valence-corrected chi connectivity index (χ3v) is 7.87. The number of halogens is 1. The van der Waals surface area contributed by atoms with Gasteiger partial charge in [0, 0.05) is 44.8 Å². The summed E-state index contributed by atoms with van der Waals surface area (Å²) in [6.45, 7) is 3.43. The summed E-state index contributed by atoms with van der Waals surface area (Å²) in [7, 11) is 0. The molecule has 1 aromatic heterocycles. The van der Waals surface area contributed by atoms with Crippen molar-refractivity contribution in [3.8, 4) is 0 Å². The van der Waals surface area contributed by atoms with Crippen molar-refractivity contribution >= 4 is 50.4 Å². The van der Waals surface area contributed by atoms with E-state index >= 15 is 0 Å². The van der Waals surface area contributed by atoms with Gasteiger partial charge in [-0.1, -0.05) is 45.9 Å². The lowest BCUT2D eigenvalue weighted by molar-refractivity contribution is 0.206. The van der Waals surface area contributed by atoms with Gasteiger partial charge in [0.1, 0.15) is 0 Å². The number of hydrogen-bond donors (Lipinski definition) is 0. The van der Waals surface area contributed by atoms with Crippen LogP contribution >= 0.6 is 39.0 Å². The Bertz CT molecular complexity index is 933. The molecule has 2 aromatic carbocycles. The Morgan fingerprint density at radius 3 is 2.56 bits per heavy atom. The molecule has 2 nitrogen and oxygen atoms in total. The lowest BCUT2D eigenvalue weighted by Gasteiger charge is -2.42. The highest BCUT2D eigenvalue weighted by atomic mass is 79.9. The minimum atomic E-state index is 0.562. The quantitative estimate of drug-likeness (QED) is 0.428. The smallest absolute Gasteiger partial charge is 0.0556 e. The number of fused-ring (bicyclic) bond motifs is 2. The number of piperidine rings is 1. The van der Waals surface area contributed by atoms with Crippen LogP contribution in [-0.4, -0.2) is 24.0 Å². The molecule has 0 saturated carbocycles. The van der Waals surface area contributed by atoms with E-state index in [4.69, 9.17) is 0 Å². The monoisotopic (exact) mass is 456 g/mol. The Morgan fingerprint density at radius 2 is 1.74 bits per heavy atom. The van der Waals surface area contributed by atoms with Crippen LogP contribution in [0.1, 0.15) is 17.7 Å². The first-order valence-corrected chi connectivity index (χ1v) is 11.9. The van der Waals surface area contributed by atoms with Gasteiger partial charge in [0.05, 0.1) is 11.4 Å². The predicted octanol–water partition coefficient (Wildman–Crippen LogP) is 6.78. The molecule has 5 rings (SSSR count). The molecule has 0 N–H and O–H groups in total. The molecule has 0 atom stereocenters. The fraction of sp³-hybridized carbons (Fsp3) is 0.273. The van der Waals surface area contributed by atoms with Crippen LogP contribution < -0.4 is 4.90 Å². The number of thiophene rings is 1. The number of rotatable bonds is 3. The SMILES string of the molecule is Brc1ccc2c(c1)Sc1ccccc1N2C1CCN(Cc2cccs2)CC1. The second kappa shape index (κ2) is 7.63. The highest BCUT2D eigenvalue weighted by Gasteiger charge is 2.31. The van der Waals surface area contributed by atoms with Gasteiger partial charge >= 0.3 is 0 Å². The van der Waals surface area contributed by atoms with E-state index in [2.05, 4.69) is 85.7 Å². The van der Waals surface area contributed by atoms with Crippen molar-refractivity contribution in [1.29, 1.82) is 0 Å². The summed E-state index contributed by atoms with van der Waals surface area (Å²) in [5, 5.41) is 2.18. The van der Waals surface area contributed by atoms with Crippen LogP contribution in [0.15, 0.2) is 74.2 Å². The Labute approximate surface area is 177 Å². The van der Waals surface area contributed by atoms with Crippen LogP contribution in [-0.2, 0) is 6.54 Å². The van der Waals surface area contributed by atoms with Crippen molar-refractivity contribution in [2.45, 2.75) is 35.2 Å². The highest BCUT2D eigenvalue weighted by Crippen LogP contribution is 2.50. The minimum Gasteiger partial charge on any atom is -0.336 e. The van der Waals surface area contributed by atoms with Crippen LogP contribution in [0.3, 0.4) is 0 Å². The molecule has 3 heterocycles. The van der Waals surface area contributed by atoms with E-state index in [1.165, 1.54) is 52.0 Å². The van der Waals surface area contributed by atoms with Gasteiger partial charge < -0.3 is 4.90 Å². The molecule has 0 aliphatic carbocycles. The molecule has 5 heteroatoms. The van der Waals surface area contributed by atoms with Crippen molar-refractivity contribution < 1.29 is 0 Å². The second-order valence-corrected chi connectivity index (χ2v) is 10.2. The summed E-state index contributed by atoms with van der Waals surface area (Å²) in [5.41, 5.74) is 2.73. The number of nitrogens with zero attached hydrogens (tertiary/aromatic N) is 2. The number of para-hydroxylation sites is 1. The first-order valence-electron chi connectivity index (χ1n) is 9.38. The van der Waals surface area contributed by atoms with Crippen molar-refractivity contribution in [2.24, 2.45) is 0 Å². The Morgan fingerprint density at radius 1 is 0.926 bits per heavy atom. The molecule has 3 aromatic rings. The van der Waals surface area contributed by atoms with Gasteiger partial charge in [0.2, 0.25) is 0 Å². The summed E-state index contributed by atoms with van der Waals surface area (Å²) in [6.07, 6.45) is 2.42. The summed E-state index contributed by atoms with van der Waals surface area (Å²) in [5.74, 6) is 0. The summed E-state index contributed by atoms with van der Waals surface area (Å²) < 4.78 is 1.15. The zero-order valence-electron chi connectivity index (χ0n) is 15.0. The summed E-state index contributed by atoms with van der Waals surface area (Å²) in [4.78, 5) is 9.41. The van der Waals surface area contributed by atoms with Gasteiger partial charge in [-0.2, -0.15) is 0 Å². The molecule has 0 radical (unpaired) electrons. The van der Waals surface area contributed by atoms with Crippen LogP contribution in [0.4, 0.5) is 11.4 Å². The van der Waals surface area contributed by atoms with Gasteiger partial charge in [0.25, 0.3) is 0 Å². The van der Waals surface area contributed by atoms with Crippen LogP contribution in [0.25, 0.3) is 0 Å². The molecule has 0 amide bonds. The van der Waals surface area contributed by atoms with Gasteiger partial charge in [-0.3, -0.25) is 4.90 Å². The van der Waals surface area contributed by atoms with Crippen molar-refractivity contribution in [2.75, 3.05) is 18.0 Å². The number of likely N-dealkylation sites (tertiary alicyclic amines) is 1. The largest absolute Gasteiger partial charge is 0.336 e. The molecule has 1 saturated heterocycles. The molecule has 0 unspecified atom stereocenters. The van der Waals surface area contributed by atoms with E-state index in [9.17, 15) is 0 Å². The summed E-state index contributed by atoms with van der Waals surface area (Å²) in [6, 6.07) is 20.5. The lowest BCUT2D eigenvalue weighted by atomic mass is 10.0. The van der Waals surface area contributed by atoms with Gasteiger partial charge in [-0.15, -0.1) is 11.3 Å². The molecule has 0 spiro atoms. The molecule has 0 bridgehead atoms. The van der Waals surface area contributed by atoms with Crippen molar-refractivity contribution in [3.63, 3.8) is 0 Å². The number of benzene rings is 2. The highest BCUT2D eigenvalue weighted by molar-refractivity contribution is 9.10. The molecule has 2 aliphatic heterocycles. The fourth-order valence-corrected chi connectivity index (χ4v) is 6.48. The van der Waals surface area contributed by atoms with Crippen LogP contribution in [0.2, 0.25) is 0 Å². The van der Waals surface area contributed by atoms with E-state index in [1.807, 2.05) is 23.1 Å². The fourth-order valence-electron chi connectivity index (χ4n) is 4.11. The molecule has 1 fully saturated rings. The van der Waals surface area contributed by atoms with E-state index in [0.29, 0.717) is 6.04 Å². The third-order valence-electron chi connectivity index (χ3n) is 5.41. The normalized spacial score (nSPS) is 17.6. The molecule has 27 heavy (non-hydrogen) atoms. The average molecular weight is 457 g/mol. The van der Waals surface area contributed by atoms with E-state index < -0.39 is 0 Å². The maximum atomic E-state index is 3.64. The maximum Gasteiger partial charge on any atom is 0.0556 e. The first-order chi connectivity index (χ1) is 13.3. The third kappa shape index (κ3) is 3.58. The minimum absolute atomic E-state index is 0.562. The van der Waals surface area contributed by atoms with E-state index in [0.717, 1.165) is 11.0 Å². The van der Waals surface area contributed by atoms with Crippen LogP contribution in [0, 0.1) is 0 Å². The predicted molar refractivity (Wildman–Crippen MR) is 119 cm³/mol. The second-order valence-electron chi connectivity index (χ2n) is 7.14. The molecule has 138 valence electrons. The topological polar surface area (TPSA) is 6.48 Å². The Kier molecular flexibility index (Phi) is 5.03. The molecular formula is C22H21BrN2S2. The average Bonchev–Trinajstić information content (AvgIpc) is 3.20. The molecule has 2 aliphatic rings. The zero-order chi connectivity index (χ0) is 18.2. The van der Waals surface area contributed by atoms with Gasteiger partial charge in [-0.25, -0.2) is 0 Å². The Hall–Kier alpha value is -1.27. The molecular weight excluding hydrogens is 436 g/mol. The number of hydrogen-bond acceptors (Lipinski definition) is 4. The van der Waals surface area contributed by atoms with Gasteiger partial charge in [0.15, 0.2) is 0 Å². The van der Waals surface area contributed by atoms with Gasteiger partial charge in [-0.05, 0) is 54.6 Å². The van der Waals surface area contributed by atoms with Crippen molar-refractivity contribution in [3.05, 3.63) is 69.3 Å². The standard InChI is InChI=1S/C22H21BrN2S2/c23-16-7-8-20-22(14-16)27-21-6-2-1-5-19(21)25(20)17-9-11-24(12-10-17)15-18-4-3-13-26-18/h1-8,13-14,17H,9-12,15H2. The van der Waals surface area contributed by atoms with E-state index in [-0.39, 0.29) is 0 Å². The van der Waals surface area contributed by atoms with E-state index in [1.54, 1.807) is 0 Å². The zero-order valence-corrected chi connectivity index (χ0v) is 18.2. The Balaban J connectivity index is 1.40.